The number of hydrogen-bond donors (Lipinski definition) is 0. The highest BCUT2D eigenvalue weighted by atomic mass is 16.5. The van der Waals surface area contributed by atoms with Crippen molar-refractivity contribution >= 4 is 6.29 Å². The van der Waals surface area contributed by atoms with Gasteiger partial charge in [0.2, 0.25) is 0 Å². The van der Waals surface area contributed by atoms with Crippen molar-refractivity contribution in [1.29, 1.82) is 0 Å². The molecule has 21 heavy (non-hydrogen) atoms. The Hall–Kier alpha value is -2.16. The number of aldehydes is 1. The third kappa shape index (κ3) is 3.48. The molecule has 0 N–H and O–H groups in total. The molecule has 2 aromatic rings. The van der Waals surface area contributed by atoms with Gasteiger partial charge in [0.1, 0.15) is 12.0 Å². The summed E-state index contributed by atoms with van der Waals surface area (Å²) in [5, 5.41) is 0. The molecule has 1 aromatic carbocycles. The normalized spacial score (nSPS) is 13.5. The van der Waals surface area contributed by atoms with Crippen molar-refractivity contribution in [3.63, 3.8) is 0 Å². The highest BCUT2D eigenvalue weighted by Gasteiger charge is 2.10. The van der Waals surface area contributed by atoms with Crippen LogP contribution in [0.5, 0.6) is 5.75 Å². The van der Waals surface area contributed by atoms with Crippen LogP contribution in [0.15, 0.2) is 36.4 Å². The van der Waals surface area contributed by atoms with Crippen LogP contribution in [0, 0.1) is 0 Å². The molecule has 0 bridgehead atoms. The molecule has 0 atom stereocenters. The first-order valence-corrected chi connectivity index (χ1v) is 7.51. The van der Waals surface area contributed by atoms with Crippen molar-refractivity contribution in [3.05, 3.63) is 58.9 Å². The second-order valence-electron chi connectivity index (χ2n) is 5.40. The molecule has 3 rings (SSSR count). The lowest BCUT2D eigenvalue weighted by molar-refractivity contribution is 0.112. The van der Waals surface area contributed by atoms with E-state index < -0.39 is 0 Å². The second-order valence-corrected chi connectivity index (χ2v) is 5.40. The highest BCUT2D eigenvalue weighted by Crippen LogP contribution is 2.20. The second kappa shape index (κ2) is 6.53. The van der Waals surface area contributed by atoms with Gasteiger partial charge >= 0.3 is 0 Å². The van der Waals surface area contributed by atoms with Crippen molar-refractivity contribution in [2.45, 2.75) is 32.1 Å². The molecule has 0 aliphatic heterocycles. The van der Waals surface area contributed by atoms with Crippen LogP contribution in [-0.2, 0) is 19.3 Å². The Morgan fingerprint density at radius 2 is 1.86 bits per heavy atom. The smallest absolute Gasteiger partial charge is 0.150 e. The van der Waals surface area contributed by atoms with Crippen LogP contribution in [0.2, 0.25) is 0 Å². The van der Waals surface area contributed by atoms with E-state index in [1.807, 2.05) is 12.1 Å². The van der Waals surface area contributed by atoms with E-state index in [2.05, 4.69) is 12.1 Å². The quantitative estimate of drug-likeness (QED) is 0.789. The van der Waals surface area contributed by atoms with Crippen molar-refractivity contribution in [2.75, 3.05) is 6.61 Å². The Bertz CT molecular complexity index is 620. The zero-order valence-corrected chi connectivity index (χ0v) is 12.0. The fraction of sp³-hybridized carbons (Fsp3) is 0.333. The van der Waals surface area contributed by atoms with Crippen molar-refractivity contribution in [3.8, 4) is 5.75 Å². The number of nitrogens with zero attached hydrogens (tertiary/aromatic N) is 1. The summed E-state index contributed by atoms with van der Waals surface area (Å²) >= 11 is 0. The number of hydrogen-bond acceptors (Lipinski definition) is 3. The van der Waals surface area contributed by atoms with Gasteiger partial charge in [-0.3, -0.25) is 9.78 Å². The SMILES string of the molecule is O=Cc1ccc(OCCc2ccc3c(n2)CCCC3)cc1. The molecule has 108 valence electrons. The first-order chi connectivity index (χ1) is 10.3. The maximum absolute atomic E-state index is 10.6. The minimum Gasteiger partial charge on any atom is -0.493 e. The Kier molecular flexibility index (Phi) is 4.29. The minimum atomic E-state index is 0.603. The fourth-order valence-corrected chi connectivity index (χ4v) is 2.68. The third-order valence-corrected chi connectivity index (χ3v) is 3.88. The molecular weight excluding hydrogens is 262 g/mol. The standard InChI is InChI=1S/C18H19NO2/c20-13-14-5-9-17(10-6-14)21-12-11-16-8-7-15-3-1-2-4-18(15)19-16/h5-10,13H,1-4,11-12H2. The Labute approximate surface area is 125 Å². The van der Waals surface area contributed by atoms with Gasteiger partial charge in [-0.25, -0.2) is 0 Å². The van der Waals surface area contributed by atoms with Gasteiger partial charge in [0.15, 0.2) is 0 Å². The van der Waals surface area contributed by atoms with Crippen LogP contribution >= 0.6 is 0 Å². The average Bonchev–Trinajstić information content (AvgIpc) is 2.55. The summed E-state index contributed by atoms with van der Waals surface area (Å²) in [7, 11) is 0. The van der Waals surface area contributed by atoms with Crippen LogP contribution in [0.3, 0.4) is 0 Å². The highest BCUT2D eigenvalue weighted by molar-refractivity contribution is 5.74. The van der Waals surface area contributed by atoms with E-state index in [0.29, 0.717) is 12.2 Å². The summed E-state index contributed by atoms with van der Waals surface area (Å²) in [4.78, 5) is 15.3. The zero-order valence-electron chi connectivity index (χ0n) is 12.0. The van der Waals surface area contributed by atoms with E-state index in [4.69, 9.17) is 9.72 Å². The van der Waals surface area contributed by atoms with Gasteiger partial charge in [-0.2, -0.15) is 0 Å². The van der Waals surface area contributed by atoms with Crippen LogP contribution in [-0.4, -0.2) is 17.9 Å². The molecule has 0 fully saturated rings. The van der Waals surface area contributed by atoms with E-state index in [1.54, 1.807) is 12.1 Å². The van der Waals surface area contributed by atoms with E-state index in [0.717, 1.165) is 30.6 Å². The van der Waals surface area contributed by atoms with Gasteiger partial charge < -0.3 is 4.74 Å². The molecule has 1 aliphatic carbocycles. The van der Waals surface area contributed by atoms with Crippen molar-refractivity contribution in [2.24, 2.45) is 0 Å². The number of carbonyl (C=O) groups is 1. The van der Waals surface area contributed by atoms with E-state index in [9.17, 15) is 4.79 Å². The molecule has 0 spiro atoms. The number of ether oxygens (including phenoxy) is 1. The average molecular weight is 281 g/mol. The zero-order chi connectivity index (χ0) is 14.5. The topological polar surface area (TPSA) is 39.2 Å². The lowest BCUT2D eigenvalue weighted by Crippen LogP contribution is -2.09. The first kappa shape index (κ1) is 13.8. The third-order valence-electron chi connectivity index (χ3n) is 3.88. The molecule has 1 aromatic heterocycles. The van der Waals surface area contributed by atoms with E-state index in [1.165, 1.54) is 30.5 Å². The lowest BCUT2D eigenvalue weighted by Gasteiger charge is -2.15. The number of carbonyl (C=O) groups excluding carboxylic acids is 1. The van der Waals surface area contributed by atoms with Crippen LogP contribution in [0.25, 0.3) is 0 Å². The maximum atomic E-state index is 10.6. The summed E-state index contributed by atoms with van der Waals surface area (Å²) in [6, 6.07) is 11.5. The van der Waals surface area contributed by atoms with E-state index >= 15 is 0 Å². The predicted octanol–water partition coefficient (Wildman–Crippen LogP) is 3.39. The maximum Gasteiger partial charge on any atom is 0.150 e. The summed E-state index contributed by atoms with van der Waals surface area (Å²) in [6.07, 6.45) is 6.46. The molecule has 0 saturated carbocycles. The Morgan fingerprint density at radius 1 is 1.05 bits per heavy atom. The largest absolute Gasteiger partial charge is 0.493 e. The molecule has 0 unspecified atom stereocenters. The van der Waals surface area contributed by atoms with Crippen LogP contribution < -0.4 is 4.74 Å². The summed E-state index contributed by atoms with van der Waals surface area (Å²) in [5.41, 5.74) is 4.45. The minimum absolute atomic E-state index is 0.603. The number of fused-ring (bicyclic) bond motifs is 1. The van der Waals surface area contributed by atoms with Gasteiger partial charge in [-0.1, -0.05) is 6.07 Å². The van der Waals surface area contributed by atoms with Gasteiger partial charge in [-0.15, -0.1) is 0 Å². The number of aromatic nitrogens is 1. The lowest BCUT2D eigenvalue weighted by atomic mass is 9.96. The van der Waals surface area contributed by atoms with Gasteiger partial charge in [0.05, 0.1) is 6.61 Å². The van der Waals surface area contributed by atoms with E-state index in [-0.39, 0.29) is 0 Å². The van der Waals surface area contributed by atoms with Crippen molar-refractivity contribution in [1.82, 2.24) is 4.98 Å². The van der Waals surface area contributed by atoms with Crippen LogP contribution in [0.1, 0.15) is 40.2 Å². The number of pyridine rings is 1. The Balaban J connectivity index is 1.56. The predicted molar refractivity (Wildman–Crippen MR) is 81.9 cm³/mol. The van der Waals surface area contributed by atoms with Crippen LogP contribution in [0.4, 0.5) is 0 Å². The van der Waals surface area contributed by atoms with Gasteiger partial charge in [0, 0.05) is 23.4 Å². The molecule has 3 heteroatoms. The number of rotatable bonds is 5. The fourth-order valence-electron chi connectivity index (χ4n) is 2.68. The van der Waals surface area contributed by atoms with Gasteiger partial charge in [-0.05, 0) is 61.6 Å². The molecular formula is C18H19NO2. The first-order valence-electron chi connectivity index (χ1n) is 7.51. The molecule has 0 amide bonds. The molecule has 3 nitrogen and oxygen atoms in total. The summed E-state index contributed by atoms with van der Waals surface area (Å²) < 4.78 is 5.70. The van der Waals surface area contributed by atoms with Crippen molar-refractivity contribution < 1.29 is 9.53 Å². The summed E-state index contributed by atoms with van der Waals surface area (Å²) in [6.45, 7) is 0.603. The molecule has 1 aliphatic rings. The monoisotopic (exact) mass is 281 g/mol. The molecule has 1 heterocycles. The number of benzene rings is 1. The van der Waals surface area contributed by atoms with Gasteiger partial charge in [0.25, 0.3) is 0 Å². The molecule has 0 radical (unpaired) electrons. The summed E-state index contributed by atoms with van der Waals surface area (Å²) in [5.74, 6) is 0.790. The Morgan fingerprint density at radius 3 is 2.67 bits per heavy atom. The number of aryl methyl sites for hydroxylation is 2. The molecule has 0 saturated heterocycles.